The highest BCUT2D eigenvalue weighted by atomic mass is 19.1. The zero-order valence-corrected chi connectivity index (χ0v) is 31.5. The number of aromatic nitrogens is 4. The molecule has 0 unspecified atom stereocenters. The number of carbonyl (C=O) groups is 1. The van der Waals surface area contributed by atoms with Crippen LogP contribution >= 0.6 is 0 Å². The van der Waals surface area contributed by atoms with Crippen molar-refractivity contribution in [3.05, 3.63) is 142 Å². The van der Waals surface area contributed by atoms with Gasteiger partial charge in [0.05, 0.1) is 40.6 Å². The summed E-state index contributed by atoms with van der Waals surface area (Å²) in [6.45, 7) is 7.95. The van der Waals surface area contributed by atoms with Crippen molar-refractivity contribution in [3.63, 3.8) is 0 Å². The first kappa shape index (κ1) is 37.6. The van der Waals surface area contributed by atoms with Crippen molar-refractivity contribution in [1.82, 2.24) is 19.9 Å². The van der Waals surface area contributed by atoms with Crippen molar-refractivity contribution in [2.24, 2.45) is 0 Å². The van der Waals surface area contributed by atoms with Crippen LogP contribution in [-0.2, 0) is 32.3 Å². The van der Waals surface area contributed by atoms with E-state index >= 15 is 0 Å². The van der Waals surface area contributed by atoms with E-state index in [4.69, 9.17) is 9.97 Å². The zero-order chi connectivity index (χ0) is 38.8. The number of carboxylic acids is 1. The van der Waals surface area contributed by atoms with Gasteiger partial charge in [0.2, 0.25) is 0 Å². The summed E-state index contributed by atoms with van der Waals surface area (Å²) in [5.41, 5.74) is 13.4. The summed E-state index contributed by atoms with van der Waals surface area (Å²) in [5, 5.41) is 20.3. The molecule has 8 rings (SSSR count). The van der Waals surface area contributed by atoms with Crippen LogP contribution in [0.15, 0.2) is 85.2 Å². The van der Waals surface area contributed by atoms with Gasteiger partial charge >= 0.3 is 5.97 Å². The second-order valence-corrected chi connectivity index (χ2v) is 14.8. The van der Waals surface area contributed by atoms with Crippen LogP contribution in [0.5, 0.6) is 0 Å². The third-order valence-corrected chi connectivity index (χ3v) is 10.5. The van der Waals surface area contributed by atoms with Crippen molar-refractivity contribution >= 4 is 5.97 Å². The summed E-state index contributed by atoms with van der Waals surface area (Å²) in [6, 6.07) is 20.6. The predicted molar refractivity (Wildman–Crippen MR) is 211 cm³/mol. The number of pyridine rings is 4. The number of rotatable bonds is 6. The zero-order valence-electron chi connectivity index (χ0n) is 31.5. The molecule has 280 valence electrons. The highest BCUT2D eigenvalue weighted by Gasteiger charge is 2.30. The first-order valence-electron chi connectivity index (χ1n) is 18.9. The molecule has 0 atom stereocenters. The third-order valence-electron chi connectivity index (χ3n) is 10.5. The fourth-order valence-electron chi connectivity index (χ4n) is 7.99. The van der Waals surface area contributed by atoms with Gasteiger partial charge in [0.15, 0.2) is 0 Å². The second-order valence-electron chi connectivity index (χ2n) is 14.8. The molecular weight excluding hydrogens is 695 g/mol. The Hall–Kier alpha value is -5.67. The van der Waals surface area contributed by atoms with Gasteiger partial charge in [-0.25, -0.2) is 18.6 Å². The van der Waals surface area contributed by atoms with Crippen LogP contribution in [0.25, 0.3) is 45.0 Å². The number of aryl methyl sites for hydroxylation is 2. The van der Waals surface area contributed by atoms with Gasteiger partial charge in [0.1, 0.15) is 11.6 Å². The highest BCUT2D eigenvalue weighted by molar-refractivity contribution is 6.00. The maximum atomic E-state index is 13.5. The average Bonchev–Trinajstić information content (AvgIpc) is 3.49. The van der Waals surface area contributed by atoms with Gasteiger partial charge in [-0.15, -0.1) is 0 Å². The van der Waals surface area contributed by atoms with Crippen LogP contribution < -0.4 is 0 Å². The van der Waals surface area contributed by atoms with E-state index in [1.54, 1.807) is 30.5 Å². The monoisotopic (exact) mass is 738 g/mol. The Labute approximate surface area is 320 Å². The van der Waals surface area contributed by atoms with Crippen molar-refractivity contribution in [1.29, 1.82) is 0 Å². The maximum Gasteiger partial charge on any atom is 0.338 e. The SMILES string of the molecule is CC(C)c1nc2c(c(-c3ccc(F)cc3)c1C(=O)O)CCCc1cccnc1-2.CC(C)c1nc2c(c(-c3ccc(F)cc3)c1CO)CCCc1cccnc1-2. The Bertz CT molecular complexity index is 2370. The van der Waals surface area contributed by atoms with E-state index in [0.29, 0.717) is 23.2 Å². The van der Waals surface area contributed by atoms with Gasteiger partial charge in [-0.2, -0.15) is 0 Å². The summed E-state index contributed by atoms with van der Waals surface area (Å²) < 4.78 is 27.1. The quantitative estimate of drug-likeness (QED) is 0.175. The van der Waals surface area contributed by atoms with Crippen LogP contribution in [0.2, 0.25) is 0 Å². The number of aliphatic hydroxyl groups excluding tert-OH is 1. The van der Waals surface area contributed by atoms with Crippen LogP contribution in [0.4, 0.5) is 8.78 Å². The minimum absolute atomic E-state index is 0.0778. The van der Waals surface area contributed by atoms with E-state index in [0.717, 1.165) is 94.0 Å². The first-order valence-corrected chi connectivity index (χ1v) is 18.9. The standard InChI is InChI=1S/C23H21FN2O2.C23H23FN2O/c1-13(2)20-19(23(27)28)18(14-8-10-16(24)11-9-14)17-7-3-5-15-6-4-12-25-21(15)22(17)26-20;1-14(2)21-19(13-27)20(15-8-10-17(24)11-9-15)18-7-3-5-16-6-4-12-25-22(16)23(18)26-21/h4,6,8-13H,3,5,7H2,1-2H3,(H,27,28);4,6,8-12,14,27H,3,5,7,13H2,1-2H3. The number of fused-ring (bicyclic) bond motifs is 6. The number of hydrogen-bond donors (Lipinski definition) is 2. The fourth-order valence-corrected chi connectivity index (χ4v) is 7.99. The maximum absolute atomic E-state index is 13.5. The molecule has 6 aromatic rings. The first-order chi connectivity index (χ1) is 26.6. The lowest BCUT2D eigenvalue weighted by Crippen LogP contribution is -2.13. The molecule has 2 aromatic carbocycles. The van der Waals surface area contributed by atoms with Crippen LogP contribution in [-0.4, -0.2) is 36.1 Å². The normalized spacial score (nSPS) is 13.1. The second kappa shape index (κ2) is 16.0. The van der Waals surface area contributed by atoms with Crippen molar-refractivity contribution in [2.45, 2.75) is 84.7 Å². The number of nitrogens with zero attached hydrogens (tertiary/aromatic N) is 4. The summed E-state index contributed by atoms with van der Waals surface area (Å²) in [7, 11) is 0. The van der Waals surface area contributed by atoms with E-state index in [-0.39, 0.29) is 35.6 Å². The molecule has 7 nitrogen and oxygen atoms in total. The topological polar surface area (TPSA) is 109 Å². The summed E-state index contributed by atoms with van der Waals surface area (Å²) in [6.07, 6.45) is 8.79. The molecule has 4 heterocycles. The smallest absolute Gasteiger partial charge is 0.338 e. The van der Waals surface area contributed by atoms with Crippen molar-refractivity contribution < 1.29 is 23.8 Å². The molecule has 0 aliphatic heterocycles. The van der Waals surface area contributed by atoms with E-state index in [1.165, 1.54) is 29.8 Å². The Balaban J connectivity index is 0.000000169. The molecule has 0 saturated carbocycles. The molecule has 4 aromatic heterocycles. The van der Waals surface area contributed by atoms with Crippen LogP contribution in [0.1, 0.15) is 102 Å². The van der Waals surface area contributed by atoms with E-state index < -0.39 is 5.97 Å². The molecule has 0 radical (unpaired) electrons. The predicted octanol–water partition coefficient (Wildman–Crippen LogP) is 10.3. The Morgan fingerprint density at radius 2 is 1.09 bits per heavy atom. The molecule has 2 aliphatic rings. The van der Waals surface area contributed by atoms with E-state index in [1.807, 2.05) is 32.2 Å². The molecule has 55 heavy (non-hydrogen) atoms. The fraction of sp³-hybridized carbons (Fsp3) is 0.283. The van der Waals surface area contributed by atoms with Gasteiger partial charge in [-0.1, -0.05) is 64.1 Å². The lowest BCUT2D eigenvalue weighted by atomic mass is 9.87. The number of aromatic carboxylic acids is 1. The number of aliphatic hydroxyl groups is 1. The van der Waals surface area contributed by atoms with Gasteiger partial charge in [0, 0.05) is 29.2 Å². The highest BCUT2D eigenvalue weighted by Crippen LogP contribution is 2.42. The number of carboxylic acid groups (broad SMARTS) is 1. The summed E-state index contributed by atoms with van der Waals surface area (Å²) in [4.78, 5) is 31.3. The molecule has 2 aliphatic carbocycles. The average molecular weight is 739 g/mol. The van der Waals surface area contributed by atoms with Crippen LogP contribution in [0.3, 0.4) is 0 Å². The Morgan fingerprint density at radius 3 is 1.55 bits per heavy atom. The lowest BCUT2D eigenvalue weighted by Gasteiger charge is -2.22. The molecule has 0 amide bonds. The number of hydrogen-bond acceptors (Lipinski definition) is 6. The van der Waals surface area contributed by atoms with E-state index in [9.17, 15) is 23.8 Å². The third kappa shape index (κ3) is 7.41. The minimum atomic E-state index is -1.01. The molecule has 0 fully saturated rings. The van der Waals surface area contributed by atoms with Gasteiger partial charge in [0.25, 0.3) is 0 Å². The van der Waals surface area contributed by atoms with Crippen molar-refractivity contribution in [3.8, 4) is 45.0 Å². The molecule has 0 saturated heterocycles. The Morgan fingerprint density at radius 1 is 0.636 bits per heavy atom. The molecule has 9 heteroatoms. The van der Waals surface area contributed by atoms with Gasteiger partial charge in [-0.05, 0) is 126 Å². The number of benzene rings is 2. The summed E-state index contributed by atoms with van der Waals surface area (Å²) >= 11 is 0. The Kier molecular flexibility index (Phi) is 10.9. The largest absolute Gasteiger partial charge is 0.478 e. The van der Waals surface area contributed by atoms with Crippen molar-refractivity contribution in [2.75, 3.05) is 0 Å². The van der Waals surface area contributed by atoms with Gasteiger partial charge in [-0.3, -0.25) is 15.0 Å². The molecule has 0 spiro atoms. The molecule has 0 bridgehead atoms. The number of halogens is 2. The summed E-state index contributed by atoms with van der Waals surface area (Å²) in [5.74, 6) is -1.54. The molecular formula is C46H44F2N4O3. The molecule has 2 N–H and O–H groups in total. The van der Waals surface area contributed by atoms with Gasteiger partial charge < -0.3 is 10.2 Å². The van der Waals surface area contributed by atoms with Crippen LogP contribution in [0, 0.1) is 11.6 Å². The lowest BCUT2D eigenvalue weighted by molar-refractivity contribution is 0.0695. The minimum Gasteiger partial charge on any atom is -0.478 e. The van der Waals surface area contributed by atoms with E-state index in [2.05, 4.69) is 35.9 Å².